The minimum Gasteiger partial charge on any atom is -0.325 e. The van der Waals surface area contributed by atoms with Gasteiger partial charge in [0.1, 0.15) is 5.82 Å². The molecule has 0 bridgehead atoms. The molecule has 1 heterocycles. The first-order chi connectivity index (χ1) is 7.63. The van der Waals surface area contributed by atoms with Crippen molar-refractivity contribution in [2.24, 2.45) is 12.8 Å². The second-order valence-corrected chi connectivity index (χ2v) is 4.37. The van der Waals surface area contributed by atoms with Crippen LogP contribution in [0.4, 0.5) is 4.39 Å². The summed E-state index contributed by atoms with van der Waals surface area (Å²) in [6, 6.07) is 4.82. The first kappa shape index (κ1) is 11.3. The van der Waals surface area contributed by atoms with Crippen LogP contribution in [0.2, 0.25) is 0 Å². The maximum atomic E-state index is 13.7. The summed E-state index contributed by atoms with van der Waals surface area (Å²) in [5.41, 5.74) is 7.70. The molecule has 0 aliphatic carbocycles. The van der Waals surface area contributed by atoms with E-state index in [1.54, 1.807) is 30.1 Å². The summed E-state index contributed by atoms with van der Waals surface area (Å²) in [6.07, 6.45) is 1.63. The highest BCUT2D eigenvalue weighted by molar-refractivity contribution is 9.10. The molecule has 0 aliphatic heterocycles. The lowest BCUT2D eigenvalue weighted by Crippen LogP contribution is -2.05. The van der Waals surface area contributed by atoms with Crippen LogP contribution in [0, 0.1) is 5.82 Å². The Kier molecular flexibility index (Phi) is 3.07. The van der Waals surface area contributed by atoms with Crippen molar-refractivity contribution < 1.29 is 4.39 Å². The number of benzene rings is 1. The highest BCUT2D eigenvalue weighted by Gasteiger charge is 2.13. The molecule has 3 nitrogen and oxygen atoms in total. The second-order valence-electron chi connectivity index (χ2n) is 3.46. The third-order valence-corrected chi connectivity index (χ3v) is 2.97. The molecule has 2 N–H and O–H groups in total. The lowest BCUT2D eigenvalue weighted by Gasteiger charge is -2.05. The zero-order valence-electron chi connectivity index (χ0n) is 8.74. The maximum absolute atomic E-state index is 13.7. The predicted octanol–water partition coefficient (Wildman–Crippen LogP) is 2.45. The summed E-state index contributed by atoms with van der Waals surface area (Å²) in [4.78, 5) is 0. The Bertz CT molecular complexity index is 522. The van der Waals surface area contributed by atoms with Gasteiger partial charge >= 0.3 is 0 Å². The van der Waals surface area contributed by atoms with E-state index in [1.807, 2.05) is 0 Å². The molecule has 0 unspecified atom stereocenters. The molecular weight excluding hydrogens is 273 g/mol. The molecule has 84 valence electrons. The fourth-order valence-corrected chi connectivity index (χ4v) is 1.99. The predicted molar refractivity (Wildman–Crippen MR) is 64.2 cm³/mol. The van der Waals surface area contributed by atoms with Crippen molar-refractivity contribution in [1.82, 2.24) is 9.78 Å². The van der Waals surface area contributed by atoms with E-state index in [9.17, 15) is 4.39 Å². The SMILES string of the molecule is Cn1ncc(-c2cc(Br)ccc2F)c1CN. The fraction of sp³-hybridized carbons (Fsp3) is 0.182. The Morgan fingerprint density at radius 2 is 2.19 bits per heavy atom. The average Bonchev–Trinajstić information content (AvgIpc) is 2.63. The van der Waals surface area contributed by atoms with Gasteiger partial charge in [0.25, 0.3) is 0 Å². The van der Waals surface area contributed by atoms with E-state index >= 15 is 0 Å². The quantitative estimate of drug-likeness (QED) is 0.920. The van der Waals surface area contributed by atoms with Gasteiger partial charge in [0.2, 0.25) is 0 Å². The van der Waals surface area contributed by atoms with Gasteiger partial charge in [-0.15, -0.1) is 0 Å². The van der Waals surface area contributed by atoms with Crippen molar-refractivity contribution in [2.45, 2.75) is 6.54 Å². The Labute approximate surface area is 101 Å². The molecule has 0 saturated heterocycles. The molecule has 5 heteroatoms. The lowest BCUT2D eigenvalue weighted by atomic mass is 10.1. The van der Waals surface area contributed by atoms with Gasteiger partial charge in [-0.05, 0) is 18.2 Å². The third-order valence-electron chi connectivity index (χ3n) is 2.47. The molecule has 2 rings (SSSR count). The highest BCUT2D eigenvalue weighted by Crippen LogP contribution is 2.28. The Morgan fingerprint density at radius 3 is 2.88 bits per heavy atom. The van der Waals surface area contributed by atoms with Gasteiger partial charge in [-0.25, -0.2) is 4.39 Å². The Balaban J connectivity index is 2.62. The van der Waals surface area contributed by atoms with Crippen LogP contribution in [0.5, 0.6) is 0 Å². The fourth-order valence-electron chi connectivity index (χ4n) is 1.63. The number of aryl methyl sites for hydroxylation is 1. The lowest BCUT2D eigenvalue weighted by molar-refractivity contribution is 0.630. The standard InChI is InChI=1S/C11H11BrFN3/c1-16-11(5-14)9(6-15-16)8-4-7(12)2-3-10(8)13/h2-4,6H,5,14H2,1H3. The second kappa shape index (κ2) is 4.35. The molecule has 1 aromatic heterocycles. The number of rotatable bonds is 2. The largest absolute Gasteiger partial charge is 0.325 e. The molecule has 16 heavy (non-hydrogen) atoms. The first-order valence-corrected chi connectivity index (χ1v) is 5.59. The normalized spacial score (nSPS) is 10.8. The van der Waals surface area contributed by atoms with Crippen molar-refractivity contribution in [3.05, 3.63) is 40.4 Å². The first-order valence-electron chi connectivity index (χ1n) is 4.80. The molecule has 0 radical (unpaired) electrons. The van der Waals surface area contributed by atoms with Crippen LogP contribution < -0.4 is 5.73 Å². The molecule has 0 amide bonds. The molecule has 0 saturated carbocycles. The van der Waals surface area contributed by atoms with Crippen molar-refractivity contribution >= 4 is 15.9 Å². The van der Waals surface area contributed by atoms with E-state index in [2.05, 4.69) is 21.0 Å². The molecule has 2 aromatic rings. The van der Waals surface area contributed by atoms with Gasteiger partial charge in [-0.1, -0.05) is 15.9 Å². The number of aromatic nitrogens is 2. The van der Waals surface area contributed by atoms with Crippen LogP contribution >= 0.6 is 15.9 Å². The summed E-state index contributed by atoms with van der Waals surface area (Å²) >= 11 is 3.32. The minimum absolute atomic E-state index is 0.272. The summed E-state index contributed by atoms with van der Waals surface area (Å²) in [5.74, 6) is -0.272. The van der Waals surface area contributed by atoms with Crippen molar-refractivity contribution in [2.75, 3.05) is 0 Å². The summed E-state index contributed by atoms with van der Waals surface area (Å²) in [7, 11) is 1.79. The topological polar surface area (TPSA) is 43.8 Å². The Morgan fingerprint density at radius 1 is 1.44 bits per heavy atom. The number of nitrogens with two attached hydrogens (primary N) is 1. The van der Waals surface area contributed by atoms with E-state index < -0.39 is 0 Å². The van der Waals surface area contributed by atoms with Gasteiger partial charge in [-0.2, -0.15) is 5.10 Å². The van der Waals surface area contributed by atoms with E-state index in [0.717, 1.165) is 15.7 Å². The summed E-state index contributed by atoms with van der Waals surface area (Å²) in [5, 5.41) is 4.09. The van der Waals surface area contributed by atoms with Crippen LogP contribution in [0.15, 0.2) is 28.9 Å². The Hall–Kier alpha value is -1.20. The zero-order chi connectivity index (χ0) is 11.7. The number of nitrogens with zero attached hydrogens (tertiary/aromatic N) is 2. The maximum Gasteiger partial charge on any atom is 0.131 e. The van der Waals surface area contributed by atoms with Crippen LogP contribution in [0.1, 0.15) is 5.69 Å². The van der Waals surface area contributed by atoms with Crippen LogP contribution in [0.3, 0.4) is 0 Å². The number of halogens is 2. The smallest absolute Gasteiger partial charge is 0.131 e. The van der Waals surface area contributed by atoms with E-state index in [0.29, 0.717) is 12.1 Å². The molecule has 0 fully saturated rings. The van der Waals surface area contributed by atoms with E-state index in [4.69, 9.17) is 5.73 Å². The third kappa shape index (κ3) is 1.88. The van der Waals surface area contributed by atoms with Crippen molar-refractivity contribution in [3.8, 4) is 11.1 Å². The van der Waals surface area contributed by atoms with Crippen LogP contribution in [-0.4, -0.2) is 9.78 Å². The summed E-state index contributed by atoms with van der Waals surface area (Å²) in [6.45, 7) is 0.331. The molecule has 0 aliphatic rings. The zero-order valence-corrected chi connectivity index (χ0v) is 10.3. The van der Waals surface area contributed by atoms with Crippen LogP contribution in [-0.2, 0) is 13.6 Å². The van der Waals surface area contributed by atoms with Gasteiger partial charge in [0, 0.05) is 29.2 Å². The molecular formula is C11H11BrFN3. The average molecular weight is 284 g/mol. The number of hydrogen-bond acceptors (Lipinski definition) is 2. The molecule has 0 atom stereocenters. The molecule has 1 aromatic carbocycles. The minimum atomic E-state index is -0.272. The van der Waals surface area contributed by atoms with Gasteiger partial charge in [0.15, 0.2) is 0 Å². The highest BCUT2D eigenvalue weighted by atomic mass is 79.9. The summed E-state index contributed by atoms with van der Waals surface area (Å²) < 4.78 is 16.2. The van der Waals surface area contributed by atoms with Gasteiger partial charge in [0.05, 0.1) is 11.9 Å². The van der Waals surface area contributed by atoms with Crippen molar-refractivity contribution in [1.29, 1.82) is 0 Å². The monoisotopic (exact) mass is 283 g/mol. The van der Waals surface area contributed by atoms with E-state index in [-0.39, 0.29) is 5.82 Å². The number of hydrogen-bond donors (Lipinski definition) is 1. The van der Waals surface area contributed by atoms with Gasteiger partial charge < -0.3 is 5.73 Å². The van der Waals surface area contributed by atoms with Crippen LogP contribution in [0.25, 0.3) is 11.1 Å². The van der Waals surface area contributed by atoms with E-state index in [1.165, 1.54) is 6.07 Å². The van der Waals surface area contributed by atoms with Gasteiger partial charge in [-0.3, -0.25) is 4.68 Å². The van der Waals surface area contributed by atoms with Crippen molar-refractivity contribution in [3.63, 3.8) is 0 Å². The molecule has 0 spiro atoms.